The van der Waals surface area contributed by atoms with Crippen molar-refractivity contribution in [1.29, 1.82) is 0 Å². The normalized spacial score (nSPS) is 10.8. The van der Waals surface area contributed by atoms with Crippen molar-refractivity contribution in [3.63, 3.8) is 0 Å². The Morgan fingerprint density at radius 3 is 2.42 bits per heavy atom. The van der Waals surface area contributed by atoms with Gasteiger partial charge in [0.25, 0.3) is 5.91 Å². The van der Waals surface area contributed by atoms with Gasteiger partial charge in [-0.3, -0.25) is 4.79 Å². The summed E-state index contributed by atoms with van der Waals surface area (Å²) in [5.41, 5.74) is 1.05. The topological polar surface area (TPSA) is 55.4 Å². The average molecular weight is 342 g/mol. The summed E-state index contributed by atoms with van der Waals surface area (Å²) in [6, 6.07) is 15.7. The number of ether oxygens (including phenoxy) is 1. The van der Waals surface area contributed by atoms with Crippen LogP contribution in [0.5, 0.6) is 0 Å². The molecule has 5 heteroatoms. The molecule has 1 amide bonds. The van der Waals surface area contributed by atoms with Crippen molar-refractivity contribution in [2.45, 2.75) is 0 Å². The fourth-order valence-corrected chi connectivity index (χ4v) is 2.13. The summed E-state index contributed by atoms with van der Waals surface area (Å²) < 4.78 is 5.02. The average Bonchev–Trinajstić information content (AvgIpc) is 2.60. The number of esters is 1. The highest BCUT2D eigenvalue weighted by atomic mass is 35.5. The Balaban J connectivity index is 2.27. The second-order valence-electron chi connectivity index (χ2n) is 4.79. The number of benzene rings is 2. The zero-order chi connectivity index (χ0) is 17.4. The molecular formula is C19H16ClNO3. The molecule has 2 aromatic rings. The smallest absolute Gasteiger partial charge is 0.355 e. The van der Waals surface area contributed by atoms with Gasteiger partial charge in [-0.05, 0) is 23.8 Å². The van der Waals surface area contributed by atoms with Gasteiger partial charge in [-0.25, -0.2) is 4.79 Å². The molecule has 1 N–H and O–H groups in total. The summed E-state index contributed by atoms with van der Waals surface area (Å²) in [7, 11) is 0. The van der Waals surface area contributed by atoms with Crippen LogP contribution in [0.3, 0.4) is 0 Å². The predicted molar refractivity (Wildman–Crippen MR) is 94.5 cm³/mol. The summed E-state index contributed by atoms with van der Waals surface area (Å²) in [5.74, 6) is -1.14. The minimum absolute atomic E-state index is 0.0213. The van der Waals surface area contributed by atoms with E-state index >= 15 is 0 Å². The van der Waals surface area contributed by atoms with Crippen molar-refractivity contribution in [3.8, 4) is 0 Å². The van der Waals surface area contributed by atoms with Gasteiger partial charge < -0.3 is 10.1 Å². The first-order valence-corrected chi connectivity index (χ1v) is 7.60. The van der Waals surface area contributed by atoms with E-state index in [0.717, 1.165) is 5.56 Å². The lowest BCUT2D eigenvalue weighted by Crippen LogP contribution is -2.28. The van der Waals surface area contributed by atoms with E-state index in [2.05, 4.69) is 11.9 Å². The Morgan fingerprint density at radius 2 is 1.75 bits per heavy atom. The van der Waals surface area contributed by atoms with Gasteiger partial charge in [-0.1, -0.05) is 66.7 Å². The van der Waals surface area contributed by atoms with Crippen molar-refractivity contribution >= 4 is 29.6 Å². The molecule has 122 valence electrons. The molecule has 4 nitrogen and oxygen atoms in total. The van der Waals surface area contributed by atoms with Crippen molar-refractivity contribution < 1.29 is 14.3 Å². The van der Waals surface area contributed by atoms with Crippen LogP contribution in [0.4, 0.5) is 0 Å². The van der Waals surface area contributed by atoms with E-state index in [1.165, 1.54) is 6.08 Å². The number of carbonyl (C=O) groups is 2. The van der Waals surface area contributed by atoms with Crippen LogP contribution in [-0.4, -0.2) is 18.5 Å². The Morgan fingerprint density at radius 1 is 1.08 bits per heavy atom. The second-order valence-corrected chi connectivity index (χ2v) is 5.20. The zero-order valence-corrected chi connectivity index (χ0v) is 13.6. The minimum atomic E-state index is -0.654. The first kappa shape index (κ1) is 17.5. The number of amides is 1. The molecule has 0 radical (unpaired) electrons. The van der Waals surface area contributed by atoms with Crippen molar-refractivity contribution in [2.75, 3.05) is 6.61 Å². The van der Waals surface area contributed by atoms with Crippen LogP contribution in [0, 0.1) is 0 Å². The molecule has 0 bridgehead atoms. The Bertz CT molecular complexity index is 769. The standard InChI is InChI=1S/C19H16ClNO3/c1-2-12-24-19(23)17(13-14-8-4-3-5-9-14)21-18(22)15-10-6-7-11-16(15)20/h2-11,13H,1,12H2,(H,21,22)/b17-13+. The maximum atomic E-state index is 12.4. The fourth-order valence-electron chi connectivity index (χ4n) is 1.91. The lowest BCUT2D eigenvalue weighted by atomic mass is 10.1. The predicted octanol–water partition coefficient (Wildman–Crippen LogP) is 3.84. The lowest BCUT2D eigenvalue weighted by molar-refractivity contribution is -0.138. The van der Waals surface area contributed by atoms with Crippen LogP contribution in [0.2, 0.25) is 5.02 Å². The highest BCUT2D eigenvalue weighted by Crippen LogP contribution is 2.15. The van der Waals surface area contributed by atoms with Crippen LogP contribution >= 0.6 is 11.6 Å². The van der Waals surface area contributed by atoms with Crippen LogP contribution in [0.25, 0.3) is 6.08 Å². The second kappa shape index (κ2) is 8.70. The molecule has 0 heterocycles. The van der Waals surface area contributed by atoms with Gasteiger partial charge in [0.15, 0.2) is 0 Å². The third kappa shape index (κ3) is 4.83. The monoisotopic (exact) mass is 341 g/mol. The number of halogens is 1. The molecular weight excluding hydrogens is 326 g/mol. The van der Waals surface area contributed by atoms with E-state index in [1.54, 1.807) is 30.3 Å². The lowest BCUT2D eigenvalue weighted by Gasteiger charge is -2.10. The highest BCUT2D eigenvalue weighted by Gasteiger charge is 2.17. The molecule has 0 saturated heterocycles. The Kier molecular flexibility index (Phi) is 6.34. The molecule has 0 spiro atoms. The molecule has 0 saturated carbocycles. The minimum Gasteiger partial charge on any atom is -0.457 e. The fraction of sp³-hybridized carbons (Fsp3) is 0.0526. The van der Waals surface area contributed by atoms with Gasteiger partial charge in [0.2, 0.25) is 0 Å². The van der Waals surface area contributed by atoms with E-state index in [9.17, 15) is 9.59 Å². The first-order valence-electron chi connectivity index (χ1n) is 7.22. The van der Waals surface area contributed by atoms with E-state index in [4.69, 9.17) is 16.3 Å². The van der Waals surface area contributed by atoms with Gasteiger partial charge >= 0.3 is 5.97 Å². The van der Waals surface area contributed by atoms with Crippen molar-refractivity contribution in [2.24, 2.45) is 0 Å². The molecule has 0 fully saturated rings. The van der Waals surface area contributed by atoms with Crippen LogP contribution < -0.4 is 5.32 Å². The third-order valence-electron chi connectivity index (χ3n) is 3.03. The van der Waals surface area contributed by atoms with Gasteiger partial charge in [-0.2, -0.15) is 0 Å². The van der Waals surface area contributed by atoms with Crippen molar-refractivity contribution in [1.82, 2.24) is 5.32 Å². The highest BCUT2D eigenvalue weighted by molar-refractivity contribution is 6.34. The van der Waals surface area contributed by atoms with E-state index < -0.39 is 11.9 Å². The zero-order valence-electron chi connectivity index (χ0n) is 12.9. The molecule has 0 aromatic heterocycles. The summed E-state index contributed by atoms with van der Waals surface area (Å²) >= 11 is 6.02. The van der Waals surface area contributed by atoms with Crippen LogP contribution in [-0.2, 0) is 9.53 Å². The van der Waals surface area contributed by atoms with E-state index in [1.807, 2.05) is 30.3 Å². The molecule has 0 aliphatic carbocycles. The Hall–Kier alpha value is -2.85. The molecule has 0 aliphatic heterocycles. The van der Waals surface area contributed by atoms with Gasteiger partial charge in [-0.15, -0.1) is 0 Å². The maximum absolute atomic E-state index is 12.4. The quantitative estimate of drug-likeness (QED) is 0.493. The third-order valence-corrected chi connectivity index (χ3v) is 3.36. The van der Waals surface area contributed by atoms with Gasteiger partial charge in [0, 0.05) is 0 Å². The molecule has 0 atom stereocenters. The molecule has 0 unspecified atom stereocenters. The summed E-state index contributed by atoms with van der Waals surface area (Å²) in [6.07, 6.45) is 2.99. The maximum Gasteiger partial charge on any atom is 0.355 e. The van der Waals surface area contributed by atoms with Crippen molar-refractivity contribution in [3.05, 3.63) is 89.1 Å². The number of carbonyl (C=O) groups excluding carboxylic acids is 2. The SMILES string of the molecule is C=CCOC(=O)/C(=C\c1ccccc1)NC(=O)c1ccccc1Cl. The summed E-state index contributed by atoms with van der Waals surface area (Å²) in [6.45, 7) is 3.54. The van der Waals surface area contributed by atoms with E-state index in [0.29, 0.717) is 5.02 Å². The molecule has 2 rings (SSSR count). The first-order chi connectivity index (χ1) is 11.6. The van der Waals surface area contributed by atoms with Gasteiger partial charge in [0.1, 0.15) is 12.3 Å². The Labute approximate surface area is 145 Å². The largest absolute Gasteiger partial charge is 0.457 e. The number of hydrogen-bond acceptors (Lipinski definition) is 3. The number of rotatable bonds is 6. The van der Waals surface area contributed by atoms with Crippen LogP contribution in [0.1, 0.15) is 15.9 Å². The molecule has 2 aromatic carbocycles. The van der Waals surface area contributed by atoms with Gasteiger partial charge in [0.05, 0.1) is 10.6 Å². The molecule has 0 aliphatic rings. The summed E-state index contributed by atoms with van der Waals surface area (Å²) in [5, 5.41) is 2.86. The molecule has 24 heavy (non-hydrogen) atoms. The van der Waals surface area contributed by atoms with Crippen LogP contribution in [0.15, 0.2) is 72.9 Å². The van der Waals surface area contributed by atoms with E-state index in [-0.39, 0.29) is 17.9 Å². The summed E-state index contributed by atoms with van der Waals surface area (Å²) in [4.78, 5) is 24.6. The number of nitrogens with one attached hydrogen (secondary N) is 1. The number of hydrogen-bond donors (Lipinski definition) is 1.